The van der Waals surface area contributed by atoms with Crippen molar-refractivity contribution in [3.63, 3.8) is 0 Å². The van der Waals surface area contributed by atoms with Crippen molar-refractivity contribution in [1.82, 2.24) is 0 Å². The van der Waals surface area contributed by atoms with Crippen molar-refractivity contribution in [2.24, 2.45) is 0 Å². The highest BCUT2D eigenvalue weighted by Gasteiger charge is 1.51. The summed E-state index contributed by atoms with van der Waals surface area (Å²) in [5, 5.41) is 0. The summed E-state index contributed by atoms with van der Waals surface area (Å²) in [6.45, 7) is 6.23. The summed E-state index contributed by atoms with van der Waals surface area (Å²) in [6, 6.07) is 2.07. The van der Waals surface area contributed by atoms with Crippen LogP contribution in [-0.2, 0) is 0 Å². The molecule has 0 saturated heterocycles. The van der Waals surface area contributed by atoms with E-state index in [4.69, 9.17) is 13.0 Å². The molecule has 0 aliphatic heterocycles. The van der Waals surface area contributed by atoms with Crippen molar-refractivity contribution in [2.45, 2.75) is 0 Å². The third kappa shape index (κ3) is 5.73. The Balaban J connectivity index is 4.01. The van der Waals surface area contributed by atoms with Gasteiger partial charge in [-0.1, -0.05) is 0 Å². The summed E-state index contributed by atoms with van der Waals surface area (Å²) in [4.78, 5) is 2.75. The van der Waals surface area contributed by atoms with Crippen LogP contribution in [0.2, 0.25) is 0 Å². The average Bonchev–Trinajstić information content (AvgIpc) is 1.97. The fraction of sp³-hybridized carbons (Fsp3) is 0. The van der Waals surface area contributed by atoms with Gasteiger partial charge in [-0.15, -0.1) is 6.42 Å². The molecule has 0 atom stereocenters. The van der Waals surface area contributed by atoms with Gasteiger partial charge in [-0.3, -0.25) is 0 Å². The lowest BCUT2D eigenvalue weighted by Crippen LogP contribution is -1.50. The summed E-state index contributed by atoms with van der Waals surface area (Å²) >= 11 is 0. The Kier molecular flexibility index (Phi) is 5.20. The van der Waals surface area contributed by atoms with Gasteiger partial charge < -0.3 is 0 Å². The predicted molar refractivity (Wildman–Crippen MR) is 38.8 cm³/mol. The number of hydrogen-bond acceptors (Lipinski definition) is 0. The van der Waals surface area contributed by atoms with Crippen molar-refractivity contribution < 1.29 is 0 Å². The van der Waals surface area contributed by atoms with Gasteiger partial charge in [0.15, 0.2) is 0 Å². The lowest BCUT2D eigenvalue weighted by Gasteiger charge is -1.52. The number of nitrogens with zero attached hydrogens (tertiary/aromatic N) is 1. The first-order valence-electron chi connectivity index (χ1n) is 2.24. The average molecular weight is 123 g/mol. The third-order valence-corrected chi connectivity index (χ3v) is 0.434. The van der Waals surface area contributed by atoms with Gasteiger partial charge in [0.2, 0.25) is 0 Å². The largest absolute Gasteiger partial charge is 0.193 e. The van der Waals surface area contributed by atoms with Crippen LogP contribution in [0.4, 0.5) is 0 Å². The molecule has 0 aliphatic rings. The predicted octanol–water partition coefficient (Wildman–Crippen LogP) is 0.507. The molecular weight excluding hydrogens is 122 g/mol. The minimum Gasteiger partial charge on any atom is -0.193 e. The first-order chi connectivity index (χ1) is 4.91. The van der Waals surface area contributed by atoms with Gasteiger partial charge in [-0.25, -0.2) is 0 Å². The van der Waals surface area contributed by atoms with Gasteiger partial charge in [0.25, 0.3) is 0 Å². The second-order valence-corrected chi connectivity index (χ2v) is 0.993. The molecule has 1 heteroatoms. The van der Waals surface area contributed by atoms with Gasteiger partial charge in [-0.2, -0.15) is 4.85 Å². The molecule has 0 aromatic heterocycles. The summed E-state index contributed by atoms with van der Waals surface area (Å²) in [5.41, 5.74) is 0. The maximum atomic E-state index is 6.23. The smallest absolute Gasteiger partial charge is 0.146 e. The van der Waals surface area contributed by atoms with E-state index in [-0.39, 0.29) is 0 Å². The monoisotopic (exact) mass is 123 g/mol. The molecule has 0 radical (unpaired) electrons. The van der Waals surface area contributed by atoms with E-state index in [1.165, 1.54) is 0 Å². The Morgan fingerprint density at radius 1 is 1.00 bits per heavy atom. The molecule has 1 nitrogen and oxygen atoms in total. The normalized spacial score (nSPS) is 3.40. The van der Waals surface area contributed by atoms with Crippen LogP contribution in [-0.4, -0.2) is 0 Å². The Morgan fingerprint density at radius 3 is 2.20 bits per heavy atom. The zero-order chi connectivity index (χ0) is 7.66. The van der Waals surface area contributed by atoms with E-state index in [1.54, 1.807) is 0 Å². The quantitative estimate of drug-likeness (QED) is 0.326. The van der Waals surface area contributed by atoms with Gasteiger partial charge in [0, 0.05) is 0 Å². The van der Waals surface area contributed by atoms with Crippen molar-refractivity contribution in [3.8, 4) is 48.0 Å². The summed E-state index contributed by atoms with van der Waals surface area (Å²) in [7, 11) is 0. The lowest BCUT2D eigenvalue weighted by molar-refractivity contribution is 2.24. The maximum absolute atomic E-state index is 6.23. The van der Waals surface area contributed by atoms with E-state index in [2.05, 4.69) is 46.4 Å². The Bertz CT molecular complexity index is 319. The highest BCUT2D eigenvalue weighted by molar-refractivity contribution is 5.39. The molecular formula is C9HN. The van der Waals surface area contributed by atoms with Crippen molar-refractivity contribution >= 4 is 0 Å². The molecule has 0 heterocycles. The molecule has 0 saturated carbocycles. The van der Waals surface area contributed by atoms with Crippen LogP contribution >= 0.6 is 0 Å². The van der Waals surface area contributed by atoms with Crippen molar-refractivity contribution in [1.29, 1.82) is 0 Å². The van der Waals surface area contributed by atoms with Crippen LogP contribution in [0.1, 0.15) is 0 Å². The molecule has 0 fully saturated rings. The van der Waals surface area contributed by atoms with E-state index < -0.39 is 0 Å². The second kappa shape index (κ2) is 6.73. The molecule has 0 N–H and O–H groups in total. The zero-order valence-corrected chi connectivity index (χ0v) is 5.02. The van der Waals surface area contributed by atoms with Crippen LogP contribution in [0.3, 0.4) is 0 Å². The highest BCUT2D eigenvalue weighted by Crippen LogP contribution is 1.55. The molecule has 0 rings (SSSR count). The Labute approximate surface area is 60.3 Å². The van der Waals surface area contributed by atoms with Crippen LogP contribution < -0.4 is 0 Å². The molecule has 0 aromatic rings. The number of hydrogen-bond donors (Lipinski definition) is 0. The molecule has 0 unspecified atom stereocenters. The van der Waals surface area contributed by atoms with E-state index in [9.17, 15) is 0 Å². The highest BCUT2D eigenvalue weighted by atomic mass is 14.6. The maximum Gasteiger partial charge on any atom is 0.146 e. The summed E-state index contributed by atoms with van der Waals surface area (Å²) in [6.07, 6.45) is 4.79. The lowest BCUT2D eigenvalue weighted by atomic mass is 10.5. The van der Waals surface area contributed by atoms with E-state index >= 15 is 0 Å². The molecule has 0 spiro atoms. The van der Waals surface area contributed by atoms with Gasteiger partial charge in [0.05, 0.1) is 0 Å². The molecule has 0 aliphatic carbocycles. The Hall–Kier alpha value is -2.27. The van der Waals surface area contributed by atoms with Crippen molar-refractivity contribution in [2.75, 3.05) is 0 Å². The fourth-order valence-electron chi connectivity index (χ4n) is 0.186. The van der Waals surface area contributed by atoms with Gasteiger partial charge in [-0.05, 0) is 35.5 Å². The first kappa shape index (κ1) is 7.73. The molecule has 0 bridgehead atoms. The van der Waals surface area contributed by atoms with E-state index in [0.717, 1.165) is 0 Å². The van der Waals surface area contributed by atoms with Crippen LogP contribution in [0.15, 0.2) is 0 Å². The second-order valence-electron chi connectivity index (χ2n) is 0.993. The summed E-state index contributed by atoms with van der Waals surface area (Å²) in [5.74, 6) is 13.6. The Morgan fingerprint density at radius 2 is 1.60 bits per heavy atom. The van der Waals surface area contributed by atoms with E-state index in [1.807, 2.05) is 0 Å². The topological polar surface area (TPSA) is 4.36 Å². The molecule has 0 amide bonds. The van der Waals surface area contributed by atoms with Crippen LogP contribution in [0.25, 0.3) is 4.85 Å². The zero-order valence-electron chi connectivity index (χ0n) is 5.02. The molecule has 0 aromatic carbocycles. The molecule has 10 heavy (non-hydrogen) atoms. The van der Waals surface area contributed by atoms with Crippen LogP contribution in [0.5, 0.6) is 0 Å². The summed E-state index contributed by atoms with van der Waals surface area (Å²) < 4.78 is 0. The molecule has 42 valence electrons. The van der Waals surface area contributed by atoms with Crippen LogP contribution in [0, 0.1) is 54.6 Å². The standard InChI is InChI=1S/C9HN/c1-3-4-5-6-7-8-9-10-2/h1H. The SMILES string of the molecule is [C-]#[N+]C#CC#CC#CC#C. The minimum atomic E-state index is 2.07. The third-order valence-electron chi connectivity index (χ3n) is 0.434. The number of terminal acetylenes is 1. The van der Waals surface area contributed by atoms with Gasteiger partial charge >= 0.3 is 0 Å². The fourth-order valence-corrected chi connectivity index (χ4v) is 0.186. The van der Waals surface area contributed by atoms with E-state index in [0.29, 0.717) is 0 Å². The van der Waals surface area contributed by atoms with Crippen molar-refractivity contribution in [3.05, 3.63) is 11.4 Å². The van der Waals surface area contributed by atoms with Gasteiger partial charge in [0.1, 0.15) is 12.6 Å². The first-order valence-corrected chi connectivity index (χ1v) is 2.24. The number of rotatable bonds is 0. The minimum absolute atomic E-state index is 2.07.